The maximum atomic E-state index is 12.0. The standard InChI is InChI=1S/C15H16N2O/c1-2-3-12-4-6-13(7-5-12)15(18)10-14-8-9-16-11-17-14/h4-9,11H,2-3,10H2,1H3. The number of ketones is 1. The third kappa shape index (κ3) is 3.23. The summed E-state index contributed by atoms with van der Waals surface area (Å²) < 4.78 is 0. The number of rotatable bonds is 5. The first-order chi connectivity index (χ1) is 8.79. The molecule has 0 aliphatic carbocycles. The van der Waals surface area contributed by atoms with E-state index in [-0.39, 0.29) is 5.78 Å². The second kappa shape index (κ2) is 6.05. The van der Waals surface area contributed by atoms with Crippen molar-refractivity contribution in [3.05, 3.63) is 59.7 Å². The largest absolute Gasteiger partial charge is 0.294 e. The van der Waals surface area contributed by atoms with Crippen LogP contribution in [0.25, 0.3) is 0 Å². The number of carbonyl (C=O) groups is 1. The van der Waals surface area contributed by atoms with E-state index in [0.29, 0.717) is 6.42 Å². The van der Waals surface area contributed by atoms with Crippen molar-refractivity contribution in [2.24, 2.45) is 0 Å². The molecule has 0 bridgehead atoms. The number of hydrogen-bond donors (Lipinski definition) is 0. The molecule has 2 aromatic rings. The van der Waals surface area contributed by atoms with Crippen LogP contribution < -0.4 is 0 Å². The second-order valence-electron chi connectivity index (χ2n) is 4.25. The highest BCUT2D eigenvalue weighted by Crippen LogP contribution is 2.09. The van der Waals surface area contributed by atoms with E-state index in [1.807, 2.05) is 24.3 Å². The van der Waals surface area contributed by atoms with Gasteiger partial charge in [0.05, 0.1) is 12.1 Å². The minimum atomic E-state index is 0.0942. The Bertz CT molecular complexity index is 506. The van der Waals surface area contributed by atoms with Gasteiger partial charge in [-0.1, -0.05) is 37.6 Å². The van der Waals surface area contributed by atoms with E-state index in [9.17, 15) is 4.79 Å². The first-order valence-electron chi connectivity index (χ1n) is 6.16. The van der Waals surface area contributed by atoms with Crippen LogP contribution in [0.5, 0.6) is 0 Å². The van der Waals surface area contributed by atoms with E-state index < -0.39 is 0 Å². The molecule has 0 radical (unpaired) electrons. The topological polar surface area (TPSA) is 42.9 Å². The van der Waals surface area contributed by atoms with E-state index in [0.717, 1.165) is 24.1 Å². The van der Waals surface area contributed by atoms with Crippen LogP contribution in [0.1, 0.15) is 35.0 Å². The van der Waals surface area contributed by atoms with Crippen LogP contribution >= 0.6 is 0 Å². The summed E-state index contributed by atoms with van der Waals surface area (Å²) in [6.07, 6.45) is 5.62. The molecule has 0 atom stereocenters. The molecular formula is C15H16N2O. The van der Waals surface area contributed by atoms with Crippen molar-refractivity contribution in [1.82, 2.24) is 9.97 Å². The highest BCUT2D eigenvalue weighted by molar-refractivity contribution is 5.97. The molecule has 1 aromatic carbocycles. The molecule has 3 heteroatoms. The predicted octanol–water partition coefficient (Wildman–Crippen LogP) is 2.85. The number of nitrogens with zero attached hydrogens (tertiary/aromatic N) is 2. The number of Topliss-reactive ketones (excluding diaryl/α,β-unsaturated/α-hetero) is 1. The van der Waals surface area contributed by atoms with Gasteiger partial charge in [0, 0.05) is 11.8 Å². The Morgan fingerprint density at radius 1 is 1.17 bits per heavy atom. The molecule has 0 aliphatic rings. The molecular weight excluding hydrogens is 224 g/mol. The molecule has 0 unspecified atom stereocenters. The lowest BCUT2D eigenvalue weighted by molar-refractivity contribution is 0.0992. The minimum absolute atomic E-state index is 0.0942. The molecule has 0 aliphatic heterocycles. The zero-order valence-corrected chi connectivity index (χ0v) is 10.5. The molecule has 0 saturated carbocycles. The molecule has 0 saturated heterocycles. The molecule has 3 nitrogen and oxygen atoms in total. The van der Waals surface area contributed by atoms with Gasteiger partial charge in [0.15, 0.2) is 5.78 Å². The lowest BCUT2D eigenvalue weighted by Gasteiger charge is -2.02. The summed E-state index contributed by atoms with van der Waals surface area (Å²) in [5.41, 5.74) is 2.78. The molecule has 18 heavy (non-hydrogen) atoms. The predicted molar refractivity (Wildman–Crippen MR) is 70.5 cm³/mol. The zero-order valence-electron chi connectivity index (χ0n) is 10.5. The number of aryl methyl sites for hydroxylation is 1. The van der Waals surface area contributed by atoms with E-state index in [1.165, 1.54) is 11.9 Å². The number of aromatic nitrogens is 2. The van der Waals surface area contributed by atoms with Crippen molar-refractivity contribution in [1.29, 1.82) is 0 Å². The summed E-state index contributed by atoms with van der Waals surface area (Å²) in [7, 11) is 0. The summed E-state index contributed by atoms with van der Waals surface area (Å²) in [5, 5.41) is 0. The summed E-state index contributed by atoms with van der Waals surface area (Å²) >= 11 is 0. The summed E-state index contributed by atoms with van der Waals surface area (Å²) in [6.45, 7) is 2.15. The molecule has 92 valence electrons. The van der Waals surface area contributed by atoms with Gasteiger partial charge in [0.25, 0.3) is 0 Å². The van der Waals surface area contributed by atoms with E-state index in [4.69, 9.17) is 0 Å². The number of carbonyl (C=O) groups excluding carboxylic acids is 1. The summed E-state index contributed by atoms with van der Waals surface area (Å²) in [5.74, 6) is 0.0942. The van der Waals surface area contributed by atoms with Gasteiger partial charge >= 0.3 is 0 Å². The van der Waals surface area contributed by atoms with E-state index >= 15 is 0 Å². The molecule has 0 fully saturated rings. The minimum Gasteiger partial charge on any atom is -0.294 e. The van der Waals surface area contributed by atoms with Gasteiger partial charge in [-0.2, -0.15) is 0 Å². The van der Waals surface area contributed by atoms with Gasteiger partial charge in [-0.05, 0) is 18.1 Å². The molecule has 1 aromatic heterocycles. The van der Waals surface area contributed by atoms with Gasteiger partial charge < -0.3 is 0 Å². The molecule has 0 spiro atoms. The average Bonchev–Trinajstić information content (AvgIpc) is 2.41. The lowest BCUT2D eigenvalue weighted by Crippen LogP contribution is -2.05. The van der Waals surface area contributed by atoms with Gasteiger partial charge in [-0.3, -0.25) is 4.79 Å². The highest BCUT2D eigenvalue weighted by atomic mass is 16.1. The number of hydrogen-bond acceptors (Lipinski definition) is 3. The Morgan fingerprint density at radius 3 is 2.56 bits per heavy atom. The van der Waals surface area contributed by atoms with Crippen molar-refractivity contribution in [2.75, 3.05) is 0 Å². The van der Waals surface area contributed by atoms with Crippen molar-refractivity contribution in [2.45, 2.75) is 26.2 Å². The van der Waals surface area contributed by atoms with Crippen molar-refractivity contribution in [3.63, 3.8) is 0 Å². The third-order valence-corrected chi connectivity index (χ3v) is 2.80. The van der Waals surface area contributed by atoms with Gasteiger partial charge in [-0.25, -0.2) is 9.97 Å². The van der Waals surface area contributed by atoms with Crippen LogP contribution in [0.3, 0.4) is 0 Å². The maximum Gasteiger partial charge on any atom is 0.168 e. The van der Waals surface area contributed by atoms with Crippen molar-refractivity contribution >= 4 is 5.78 Å². The highest BCUT2D eigenvalue weighted by Gasteiger charge is 2.07. The SMILES string of the molecule is CCCc1ccc(C(=O)Cc2ccncn2)cc1. The Hall–Kier alpha value is -2.03. The summed E-state index contributed by atoms with van der Waals surface area (Å²) in [6, 6.07) is 9.61. The van der Waals surface area contributed by atoms with Crippen LogP contribution in [-0.4, -0.2) is 15.8 Å². The Morgan fingerprint density at radius 2 is 1.94 bits per heavy atom. The average molecular weight is 240 g/mol. The fraction of sp³-hybridized carbons (Fsp3) is 0.267. The summed E-state index contributed by atoms with van der Waals surface area (Å²) in [4.78, 5) is 19.9. The van der Waals surface area contributed by atoms with Gasteiger partial charge in [0.2, 0.25) is 0 Å². The van der Waals surface area contributed by atoms with Crippen LogP contribution in [0.2, 0.25) is 0 Å². The fourth-order valence-electron chi connectivity index (χ4n) is 1.84. The monoisotopic (exact) mass is 240 g/mol. The maximum absolute atomic E-state index is 12.0. The smallest absolute Gasteiger partial charge is 0.168 e. The molecule has 0 N–H and O–H groups in total. The van der Waals surface area contributed by atoms with Crippen LogP contribution in [0, 0.1) is 0 Å². The third-order valence-electron chi connectivity index (χ3n) is 2.80. The van der Waals surface area contributed by atoms with E-state index in [2.05, 4.69) is 16.9 Å². The quantitative estimate of drug-likeness (QED) is 0.755. The Labute approximate surface area is 107 Å². The lowest BCUT2D eigenvalue weighted by atomic mass is 10.0. The molecule has 0 amide bonds. The normalized spacial score (nSPS) is 10.3. The van der Waals surface area contributed by atoms with Crippen LogP contribution in [0.15, 0.2) is 42.9 Å². The Kier molecular flexibility index (Phi) is 4.18. The van der Waals surface area contributed by atoms with Crippen molar-refractivity contribution in [3.8, 4) is 0 Å². The van der Waals surface area contributed by atoms with E-state index in [1.54, 1.807) is 12.3 Å². The first-order valence-corrected chi connectivity index (χ1v) is 6.16. The van der Waals surface area contributed by atoms with Gasteiger partial charge in [-0.15, -0.1) is 0 Å². The first kappa shape index (κ1) is 12.4. The van der Waals surface area contributed by atoms with Crippen LogP contribution in [0.4, 0.5) is 0 Å². The van der Waals surface area contributed by atoms with Gasteiger partial charge in [0.1, 0.15) is 6.33 Å². The molecule has 2 rings (SSSR count). The second-order valence-corrected chi connectivity index (χ2v) is 4.25. The Balaban J connectivity index is 2.05. The molecule has 1 heterocycles. The number of benzene rings is 1. The van der Waals surface area contributed by atoms with Crippen LogP contribution in [-0.2, 0) is 12.8 Å². The fourth-order valence-corrected chi connectivity index (χ4v) is 1.84. The van der Waals surface area contributed by atoms with Crippen molar-refractivity contribution < 1.29 is 4.79 Å². The zero-order chi connectivity index (χ0) is 12.8.